The van der Waals surface area contributed by atoms with Gasteiger partial charge in [0.2, 0.25) is 11.8 Å². The number of hydrogen-bond acceptors (Lipinski definition) is 8. The van der Waals surface area contributed by atoms with Crippen LogP contribution in [0, 0.1) is 0 Å². The number of rotatable bonds is 6. The lowest BCUT2D eigenvalue weighted by Crippen LogP contribution is -2.36. The second-order valence-corrected chi connectivity index (χ2v) is 6.98. The maximum atomic E-state index is 11.5. The van der Waals surface area contributed by atoms with Gasteiger partial charge in [0.25, 0.3) is 5.22 Å². The van der Waals surface area contributed by atoms with Crippen molar-refractivity contribution in [2.24, 2.45) is 0 Å². The van der Waals surface area contributed by atoms with Gasteiger partial charge in [0.1, 0.15) is 10.7 Å². The number of aromatic nitrogens is 2. The van der Waals surface area contributed by atoms with E-state index in [1.54, 1.807) is 6.07 Å². The third kappa shape index (κ3) is 4.44. The minimum absolute atomic E-state index is 0.0288. The highest BCUT2D eigenvalue weighted by Gasteiger charge is 2.20. The Bertz CT molecular complexity index is 782. The van der Waals surface area contributed by atoms with Crippen LogP contribution in [-0.4, -0.2) is 47.6 Å². The van der Waals surface area contributed by atoms with E-state index in [9.17, 15) is 9.90 Å². The zero-order chi connectivity index (χ0) is 17.8. The normalized spacial score (nSPS) is 15.6. The maximum absolute atomic E-state index is 11.5. The van der Waals surface area contributed by atoms with E-state index in [4.69, 9.17) is 13.6 Å². The van der Waals surface area contributed by atoms with Gasteiger partial charge < -0.3 is 23.6 Å². The summed E-state index contributed by atoms with van der Waals surface area (Å²) in [5.41, 5.74) is 0. The molecule has 134 valence electrons. The van der Waals surface area contributed by atoms with Crippen LogP contribution < -0.4 is 4.90 Å². The summed E-state index contributed by atoms with van der Waals surface area (Å²) in [4.78, 5) is 13.6. The smallest absolute Gasteiger partial charge is 0.342 e. The highest BCUT2D eigenvalue weighted by molar-refractivity contribution is 9.10. The number of morpholine rings is 1. The molecular formula is C15H16BrN3O5S. The number of nitrogens with zero attached hydrogens (tertiary/aromatic N) is 3. The number of halogens is 1. The number of carboxylic acid groups (broad SMARTS) is 1. The molecule has 0 atom stereocenters. The molecule has 1 aliphatic rings. The van der Waals surface area contributed by atoms with Crippen molar-refractivity contribution in [1.29, 1.82) is 0 Å². The van der Waals surface area contributed by atoms with Gasteiger partial charge in [-0.1, -0.05) is 6.92 Å². The second-order valence-electron chi connectivity index (χ2n) is 5.13. The summed E-state index contributed by atoms with van der Waals surface area (Å²) < 4.78 is 17.2. The fourth-order valence-electron chi connectivity index (χ4n) is 2.21. The van der Waals surface area contributed by atoms with Crippen LogP contribution in [0.5, 0.6) is 0 Å². The van der Waals surface area contributed by atoms with Gasteiger partial charge in [-0.25, -0.2) is 4.79 Å². The molecule has 1 saturated heterocycles. The van der Waals surface area contributed by atoms with Crippen LogP contribution in [-0.2, 0) is 16.0 Å². The second kappa shape index (κ2) is 8.07. The summed E-state index contributed by atoms with van der Waals surface area (Å²) in [5.74, 6) is 0.452. The predicted molar refractivity (Wildman–Crippen MR) is 94.6 cm³/mol. The number of aliphatic carboxylic acids is 1. The molecule has 2 aromatic heterocycles. The first kappa shape index (κ1) is 18.0. The van der Waals surface area contributed by atoms with Crippen LogP contribution >= 0.6 is 27.7 Å². The van der Waals surface area contributed by atoms with Crippen LogP contribution in [0.2, 0.25) is 0 Å². The van der Waals surface area contributed by atoms with E-state index in [2.05, 4.69) is 26.1 Å². The van der Waals surface area contributed by atoms with E-state index < -0.39 is 5.97 Å². The molecule has 25 heavy (non-hydrogen) atoms. The summed E-state index contributed by atoms with van der Waals surface area (Å²) in [6.07, 6.45) is 2.03. The molecule has 0 saturated carbocycles. The molecule has 1 N–H and O–H groups in total. The van der Waals surface area contributed by atoms with Crippen molar-refractivity contribution in [2.75, 3.05) is 31.2 Å². The average molecular weight is 430 g/mol. The average Bonchev–Trinajstić information content (AvgIpc) is 3.21. The van der Waals surface area contributed by atoms with Crippen molar-refractivity contribution in [2.45, 2.75) is 18.6 Å². The lowest BCUT2D eigenvalue weighted by Gasteiger charge is -2.26. The quantitative estimate of drug-likeness (QED) is 0.547. The number of ether oxygens (including phenoxy) is 1. The number of carboxylic acids is 1. The molecule has 0 bridgehead atoms. The summed E-state index contributed by atoms with van der Waals surface area (Å²) in [7, 11) is 0. The first-order chi connectivity index (χ1) is 12.1. The Morgan fingerprint density at radius 1 is 1.40 bits per heavy atom. The summed E-state index contributed by atoms with van der Waals surface area (Å²) in [6.45, 7) is 4.58. The van der Waals surface area contributed by atoms with E-state index in [-0.39, 0.29) is 10.1 Å². The third-order valence-electron chi connectivity index (χ3n) is 3.42. The highest BCUT2D eigenvalue weighted by atomic mass is 79.9. The van der Waals surface area contributed by atoms with Gasteiger partial charge in [0.05, 0.1) is 17.7 Å². The van der Waals surface area contributed by atoms with Gasteiger partial charge in [-0.15, -0.1) is 10.2 Å². The van der Waals surface area contributed by atoms with Gasteiger partial charge >= 0.3 is 5.97 Å². The van der Waals surface area contributed by atoms with Crippen molar-refractivity contribution >= 4 is 45.6 Å². The van der Waals surface area contributed by atoms with E-state index in [1.807, 2.05) is 11.8 Å². The fraction of sp³-hybridized carbons (Fsp3) is 0.400. The zero-order valence-electron chi connectivity index (χ0n) is 13.4. The molecule has 3 heterocycles. The van der Waals surface area contributed by atoms with Gasteiger partial charge in [-0.2, -0.15) is 0 Å². The van der Waals surface area contributed by atoms with Crippen molar-refractivity contribution in [3.63, 3.8) is 0 Å². The van der Waals surface area contributed by atoms with E-state index >= 15 is 0 Å². The largest absolute Gasteiger partial charge is 0.477 e. The fourth-order valence-corrected chi connectivity index (χ4v) is 3.44. The number of carbonyl (C=O) groups is 1. The molecule has 0 amide bonds. The summed E-state index contributed by atoms with van der Waals surface area (Å²) >= 11 is 4.35. The third-order valence-corrected chi connectivity index (χ3v) is 4.84. The number of aryl methyl sites for hydroxylation is 1. The topological polar surface area (TPSA) is 102 Å². The number of thioether (sulfide) groups is 1. The zero-order valence-corrected chi connectivity index (χ0v) is 15.8. The molecule has 1 fully saturated rings. The van der Waals surface area contributed by atoms with Crippen LogP contribution in [0.4, 0.5) is 5.88 Å². The van der Waals surface area contributed by atoms with Gasteiger partial charge in [-0.3, -0.25) is 0 Å². The SMILES string of the molecule is CCc1nnc(S/C(=C\c2cc(Br)c(N3CCOCC3)o2)C(=O)O)o1. The van der Waals surface area contributed by atoms with Gasteiger partial charge in [-0.05, 0) is 27.7 Å². The molecule has 8 nitrogen and oxygen atoms in total. The van der Waals surface area contributed by atoms with Gasteiger partial charge in [0.15, 0.2) is 0 Å². The minimum atomic E-state index is -1.10. The number of hydrogen-bond donors (Lipinski definition) is 1. The minimum Gasteiger partial charge on any atom is -0.477 e. The molecule has 0 spiro atoms. The molecule has 0 radical (unpaired) electrons. The first-order valence-corrected chi connectivity index (χ1v) is 9.25. The number of furan rings is 1. The highest BCUT2D eigenvalue weighted by Crippen LogP contribution is 2.34. The Kier molecular flexibility index (Phi) is 5.82. The van der Waals surface area contributed by atoms with Crippen LogP contribution in [0.15, 0.2) is 29.5 Å². The number of anilines is 1. The molecule has 1 aliphatic heterocycles. The van der Waals surface area contributed by atoms with Crippen molar-refractivity contribution in [3.8, 4) is 0 Å². The Morgan fingerprint density at radius 2 is 2.16 bits per heavy atom. The Balaban J connectivity index is 1.81. The Hall–Kier alpha value is -1.78. The molecule has 0 unspecified atom stereocenters. The van der Waals surface area contributed by atoms with Crippen LogP contribution in [0.25, 0.3) is 6.08 Å². The van der Waals surface area contributed by atoms with Crippen LogP contribution in [0.3, 0.4) is 0 Å². The van der Waals surface area contributed by atoms with Crippen molar-refractivity contribution in [3.05, 3.63) is 27.1 Å². The van der Waals surface area contributed by atoms with E-state index in [1.165, 1.54) is 6.08 Å². The van der Waals surface area contributed by atoms with Crippen molar-refractivity contribution in [1.82, 2.24) is 10.2 Å². The lowest BCUT2D eigenvalue weighted by molar-refractivity contribution is -0.131. The lowest BCUT2D eigenvalue weighted by atomic mass is 10.4. The summed E-state index contributed by atoms with van der Waals surface area (Å²) in [5, 5.41) is 17.3. The monoisotopic (exact) mass is 429 g/mol. The van der Waals surface area contributed by atoms with Gasteiger partial charge in [0, 0.05) is 31.7 Å². The summed E-state index contributed by atoms with van der Waals surface area (Å²) in [6, 6.07) is 1.74. The molecule has 10 heteroatoms. The predicted octanol–water partition coefficient (Wildman–Crippen LogP) is 3.04. The molecule has 3 rings (SSSR count). The molecular weight excluding hydrogens is 414 g/mol. The van der Waals surface area contributed by atoms with E-state index in [0.29, 0.717) is 37.2 Å². The van der Waals surface area contributed by atoms with Crippen LogP contribution in [0.1, 0.15) is 18.6 Å². The molecule has 0 aromatic carbocycles. The Morgan fingerprint density at radius 3 is 2.80 bits per heavy atom. The standard InChI is InChI=1S/C15H16BrN3O5S/c1-2-12-17-18-15(24-12)25-11(14(20)21)8-9-7-10(16)13(23-9)19-3-5-22-6-4-19/h7-8H,2-6H2,1H3,(H,20,21)/b11-8-. The first-order valence-electron chi connectivity index (χ1n) is 7.64. The Labute approximate surface area is 156 Å². The van der Waals surface area contributed by atoms with Crippen molar-refractivity contribution < 1.29 is 23.5 Å². The maximum Gasteiger partial charge on any atom is 0.342 e. The van der Waals surface area contributed by atoms with E-state index in [0.717, 1.165) is 29.3 Å². The molecule has 0 aliphatic carbocycles. The molecule has 2 aromatic rings.